The van der Waals surface area contributed by atoms with Gasteiger partial charge in [-0.2, -0.15) is 0 Å². The van der Waals surface area contributed by atoms with E-state index in [0.29, 0.717) is 19.5 Å². The summed E-state index contributed by atoms with van der Waals surface area (Å²) in [7, 11) is 0. The molecule has 0 aliphatic carbocycles. The second-order valence-electron chi connectivity index (χ2n) is 4.60. The summed E-state index contributed by atoms with van der Waals surface area (Å²) in [6.07, 6.45) is 2.51. The number of piperazine rings is 1. The fourth-order valence-electron chi connectivity index (χ4n) is 1.93. The van der Waals surface area contributed by atoms with Gasteiger partial charge in [-0.15, -0.1) is 0 Å². The highest BCUT2D eigenvalue weighted by atomic mass is 16.2. The van der Waals surface area contributed by atoms with Crippen LogP contribution in [0.25, 0.3) is 0 Å². The molecule has 1 saturated heterocycles. The molecule has 0 bridgehead atoms. The molecule has 0 aromatic heterocycles. The standard InChI is InChI=1S/C12H22N2O2/c1-4-5-6-11(15)13-7-8-14(10(2)3)12(16)9-13/h10H,4-9H2,1-3H3. The van der Waals surface area contributed by atoms with Crippen LogP contribution in [-0.2, 0) is 9.59 Å². The zero-order valence-electron chi connectivity index (χ0n) is 10.5. The minimum Gasteiger partial charge on any atom is -0.337 e. The van der Waals surface area contributed by atoms with E-state index < -0.39 is 0 Å². The van der Waals surface area contributed by atoms with Gasteiger partial charge in [0.25, 0.3) is 0 Å². The Labute approximate surface area is 97.6 Å². The number of hydrogen-bond acceptors (Lipinski definition) is 2. The molecule has 2 amide bonds. The third-order valence-electron chi connectivity index (χ3n) is 2.98. The Morgan fingerprint density at radius 1 is 1.38 bits per heavy atom. The van der Waals surface area contributed by atoms with E-state index in [0.717, 1.165) is 12.8 Å². The fraction of sp³-hybridized carbons (Fsp3) is 0.833. The SMILES string of the molecule is CCCCC(=O)N1CCN(C(C)C)C(=O)C1. The molecule has 0 aromatic carbocycles. The Bertz CT molecular complexity index is 264. The van der Waals surface area contributed by atoms with E-state index in [-0.39, 0.29) is 24.4 Å². The van der Waals surface area contributed by atoms with Crippen molar-refractivity contribution in [2.24, 2.45) is 0 Å². The van der Waals surface area contributed by atoms with Crippen LogP contribution >= 0.6 is 0 Å². The van der Waals surface area contributed by atoms with E-state index in [9.17, 15) is 9.59 Å². The second kappa shape index (κ2) is 5.87. The van der Waals surface area contributed by atoms with Crippen LogP contribution in [0.4, 0.5) is 0 Å². The van der Waals surface area contributed by atoms with Gasteiger partial charge < -0.3 is 9.80 Å². The number of amides is 2. The van der Waals surface area contributed by atoms with Gasteiger partial charge in [0.1, 0.15) is 0 Å². The number of carbonyl (C=O) groups excluding carboxylic acids is 2. The highest BCUT2D eigenvalue weighted by Crippen LogP contribution is 2.09. The van der Waals surface area contributed by atoms with Crippen molar-refractivity contribution in [1.29, 1.82) is 0 Å². The fourth-order valence-corrected chi connectivity index (χ4v) is 1.93. The molecule has 0 spiro atoms. The first kappa shape index (κ1) is 13.0. The molecule has 4 heteroatoms. The van der Waals surface area contributed by atoms with Crippen LogP contribution in [0.2, 0.25) is 0 Å². The van der Waals surface area contributed by atoms with Crippen molar-refractivity contribution in [3.05, 3.63) is 0 Å². The summed E-state index contributed by atoms with van der Waals surface area (Å²) in [5, 5.41) is 0. The highest BCUT2D eigenvalue weighted by molar-refractivity contribution is 5.86. The maximum atomic E-state index is 11.8. The van der Waals surface area contributed by atoms with Gasteiger partial charge in [0.05, 0.1) is 6.54 Å². The molecule has 4 nitrogen and oxygen atoms in total. The predicted octanol–water partition coefficient (Wildman–Crippen LogP) is 1.26. The Balaban J connectivity index is 2.45. The third kappa shape index (κ3) is 3.22. The molecule has 1 aliphatic rings. The minimum absolute atomic E-state index is 0.0751. The van der Waals surface area contributed by atoms with Gasteiger partial charge in [0.2, 0.25) is 11.8 Å². The van der Waals surface area contributed by atoms with E-state index in [2.05, 4.69) is 6.92 Å². The van der Waals surface area contributed by atoms with Crippen LogP contribution in [0.5, 0.6) is 0 Å². The molecule has 1 fully saturated rings. The molecule has 1 heterocycles. The Morgan fingerprint density at radius 2 is 2.06 bits per heavy atom. The summed E-state index contributed by atoms with van der Waals surface area (Å²) < 4.78 is 0. The van der Waals surface area contributed by atoms with Crippen LogP contribution in [-0.4, -0.2) is 47.3 Å². The first-order valence-electron chi connectivity index (χ1n) is 6.13. The Hall–Kier alpha value is -1.06. The lowest BCUT2D eigenvalue weighted by Crippen LogP contribution is -2.54. The molecule has 0 radical (unpaired) electrons. The van der Waals surface area contributed by atoms with E-state index in [1.54, 1.807) is 4.90 Å². The molecule has 0 aromatic rings. The normalized spacial score (nSPS) is 17.1. The molecule has 92 valence electrons. The summed E-state index contributed by atoms with van der Waals surface area (Å²) in [5.41, 5.74) is 0. The quantitative estimate of drug-likeness (QED) is 0.724. The summed E-state index contributed by atoms with van der Waals surface area (Å²) in [6.45, 7) is 7.70. The Kier molecular flexibility index (Phi) is 4.77. The van der Waals surface area contributed by atoms with Gasteiger partial charge in [-0.25, -0.2) is 0 Å². The smallest absolute Gasteiger partial charge is 0.242 e. The topological polar surface area (TPSA) is 40.6 Å². The maximum absolute atomic E-state index is 11.8. The third-order valence-corrected chi connectivity index (χ3v) is 2.98. The number of rotatable bonds is 4. The lowest BCUT2D eigenvalue weighted by atomic mass is 10.2. The molecule has 0 N–H and O–H groups in total. The average molecular weight is 226 g/mol. The average Bonchev–Trinajstić information content (AvgIpc) is 2.25. The van der Waals surface area contributed by atoms with Crippen molar-refractivity contribution >= 4 is 11.8 Å². The molecule has 16 heavy (non-hydrogen) atoms. The first-order valence-corrected chi connectivity index (χ1v) is 6.13. The van der Waals surface area contributed by atoms with Crippen molar-refractivity contribution in [3.8, 4) is 0 Å². The molecular formula is C12H22N2O2. The molecule has 0 saturated carbocycles. The van der Waals surface area contributed by atoms with E-state index in [1.165, 1.54) is 0 Å². The van der Waals surface area contributed by atoms with Gasteiger partial charge in [-0.05, 0) is 20.3 Å². The van der Waals surface area contributed by atoms with E-state index >= 15 is 0 Å². The van der Waals surface area contributed by atoms with Crippen LogP contribution in [0.3, 0.4) is 0 Å². The van der Waals surface area contributed by atoms with Crippen LogP contribution in [0.1, 0.15) is 40.0 Å². The largest absolute Gasteiger partial charge is 0.337 e. The molecule has 0 atom stereocenters. The lowest BCUT2D eigenvalue weighted by Gasteiger charge is -2.36. The van der Waals surface area contributed by atoms with Crippen LogP contribution in [0.15, 0.2) is 0 Å². The van der Waals surface area contributed by atoms with Crippen molar-refractivity contribution in [3.63, 3.8) is 0 Å². The molecule has 1 rings (SSSR count). The summed E-state index contributed by atoms with van der Waals surface area (Å²) in [5.74, 6) is 0.199. The van der Waals surface area contributed by atoms with Crippen molar-refractivity contribution in [1.82, 2.24) is 9.80 Å². The van der Waals surface area contributed by atoms with Gasteiger partial charge in [-0.3, -0.25) is 9.59 Å². The van der Waals surface area contributed by atoms with Crippen molar-refractivity contribution in [2.75, 3.05) is 19.6 Å². The van der Waals surface area contributed by atoms with Gasteiger partial charge in [0, 0.05) is 25.6 Å². The van der Waals surface area contributed by atoms with Crippen LogP contribution < -0.4 is 0 Å². The number of carbonyl (C=O) groups is 2. The number of hydrogen-bond donors (Lipinski definition) is 0. The van der Waals surface area contributed by atoms with E-state index in [4.69, 9.17) is 0 Å². The summed E-state index contributed by atoms with van der Waals surface area (Å²) >= 11 is 0. The zero-order valence-corrected chi connectivity index (χ0v) is 10.5. The van der Waals surface area contributed by atoms with Crippen molar-refractivity contribution < 1.29 is 9.59 Å². The van der Waals surface area contributed by atoms with Crippen molar-refractivity contribution in [2.45, 2.75) is 46.1 Å². The number of unbranched alkanes of at least 4 members (excludes halogenated alkanes) is 1. The maximum Gasteiger partial charge on any atom is 0.242 e. The Morgan fingerprint density at radius 3 is 2.56 bits per heavy atom. The molecule has 1 aliphatic heterocycles. The van der Waals surface area contributed by atoms with Gasteiger partial charge in [-0.1, -0.05) is 13.3 Å². The zero-order chi connectivity index (χ0) is 12.1. The monoisotopic (exact) mass is 226 g/mol. The predicted molar refractivity (Wildman–Crippen MR) is 63.0 cm³/mol. The first-order chi connectivity index (χ1) is 7.56. The van der Waals surface area contributed by atoms with Gasteiger partial charge >= 0.3 is 0 Å². The molecule has 0 unspecified atom stereocenters. The van der Waals surface area contributed by atoms with Gasteiger partial charge in [0.15, 0.2) is 0 Å². The molecular weight excluding hydrogens is 204 g/mol. The highest BCUT2D eigenvalue weighted by Gasteiger charge is 2.27. The summed E-state index contributed by atoms with van der Waals surface area (Å²) in [4.78, 5) is 27.0. The summed E-state index contributed by atoms with van der Waals surface area (Å²) in [6, 6.07) is 0.236. The minimum atomic E-state index is 0.0751. The second-order valence-corrected chi connectivity index (χ2v) is 4.60. The number of nitrogens with zero attached hydrogens (tertiary/aromatic N) is 2. The van der Waals surface area contributed by atoms with E-state index in [1.807, 2.05) is 18.7 Å². The van der Waals surface area contributed by atoms with Crippen LogP contribution in [0, 0.1) is 0 Å². The lowest BCUT2D eigenvalue weighted by molar-refractivity contribution is -0.146.